The molecule has 0 unspecified atom stereocenters. The van der Waals surface area contributed by atoms with E-state index >= 15 is 0 Å². The van der Waals surface area contributed by atoms with Gasteiger partial charge in [0, 0.05) is 12.6 Å². The Hall–Kier alpha value is -2.23. The average molecular weight is 212 g/mol. The lowest BCUT2D eigenvalue weighted by atomic mass is 10.1. The molecule has 3 N–H and O–H groups in total. The second kappa shape index (κ2) is 4.53. The van der Waals surface area contributed by atoms with Crippen LogP contribution in [0.2, 0.25) is 0 Å². The SMILES string of the molecule is N=C(N)c1ccnc(Cc2ccccc2)n1. The normalized spacial score (nSPS) is 10.0. The Morgan fingerprint density at radius 1 is 1.19 bits per heavy atom. The first-order valence-corrected chi connectivity index (χ1v) is 4.96. The number of nitrogens with one attached hydrogen (secondary N) is 1. The first kappa shape index (κ1) is 10.3. The highest BCUT2D eigenvalue weighted by Crippen LogP contribution is 2.05. The zero-order valence-corrected chi connectivity index (χ0v) is 8.72. The Morgan fingerprint density at radius 3 is 2.62 bits per heavy atom. The maximum absolute atomic E-state index is 7.30. The van der Waals surface area contributed by atoms with Gasteiger partial charge in [0.2, 0.25) is 0 Å². The summed E-state index contributed by atoms with van der Waals surface area (Å²) in [5.74, 6) is 0.649. The van der Waals surface area contributed by atoms with E-state index in [-0.39, 0.29) is 5.84 Å². The van der Waals surface area contributed by atoms with Crippen LogP contribution in [0.15, 0.2) is 42.6 Å². The standard InChI is InChI=1S/C12H12N4/c13-12(14)10-6-7-15-11(16-10)8-9-4-2-1-3-5-9/h1-7H,8H2,(H3,13,14). The summed E-state index contributed by atoms with van der Waals surface area (Å²) in [6.07, 6.45) is 2.28. The van der Waals surface area contributed by atoms with Crippen molar-refractivity contribution < 1.29 is 0 Å². The van der Waals surface area contributed by atoms with Gasteiger partial charge >= 0.3 is 0 Å². The number of hydrogen-bond acceptors (Lipinski definition) is 3. The van der Waals surface area contributed by atoms with Gasteiger partial charge in [0.05, 0.1) is 0 Å². The third-order valence-electron chi connectivity index (χ3n) is 2.19. The van der Waals surface area contributed by atoms with Crippen LogP contribution in [-0.4, -0.2) is 15.8 Å². The maximum Gasteiger partial charge on any atom is 0.141 e. The molecule has 16 heavy (non-hydrogen) atoms. The Balaban J connectivity index is 2.22. The van der Waals surface area contributed by atoms with Crippen LogP contribution in [0, 0.1) is 5.41 Å². The number of amidine groups is 1. The Morgan fingerprint density at radius 2 is 1.94 bits per heavy atom. The molecule has 0 spiro atoms. The molecule has 0 aliphatic heterocycles. The van der Waals surface area contributed by atoms with Gasteiger partial charge in [-0.05, 0) is 11.6 Å². The van der Waals surface area contributed by atoms with Crippen molar-refractivity contribution in [3.05, 3.63) is 59.7 Å². The van der Waals surface area contributed by atoms with E-state index in [0.717, 1.165) is 5.56 Å². The fourth-order valence-electron chi connectivity index (χ4n) is 1.41. The molecule has 0 atom stereocenters. The molecule has 0 radical (unpaired) electrons. The Kier molecular flexibility index (Phi) is 2.91. The van der Waals surface area contributed by atoms with Crippen molar-refractivity contribution in [1.29, 1.82) is 5.41 Å². The van der Waals surface area contributed by atoms with E-state index in [1.54, 1.807) is 12.3 Å². The Labute approximate surface area is 93.7 Å². The van der Waals surface area contributed by atoms with Crippen molar-refractivity contribution in [2.45, 2.75) is 6.42 Å². The molecular weight excluding hydrogens is 200 g/mol. The van der Waals surface area contributed by atoms with E-state index in [2.05, 4.69) is 9.97 Å². The summed E-state index contributed by atoms with van der Waals surface area (Å²) >= 11 is 0. The number of hydrogen-bond donors (Lipinski definition) is 2. The molecule has 0 saturated heterocycles. The number of benzene rings is 1. The summed E-state index contributed by atoms with van der Waals surface area (Å²) in [4.78, 5) is 8.36. The average Bonchev–Trinajstić information content (AvgIpc) is 2.30. The summed E-state index contributed by atoms with van der Waals surface area (Å²) in [5, 5.41) is 7.30. The Bertz CT molecular complexity index is 493. The molecular formula is C12H12N4. The summed E-state index contributed by atoms with van der Waals surface area (Å²) in [5.41, 5.74) is 6.98. The van der Waals surface area contributed by atoms with E-state index in [4.69, 9.17) is 11.1 Å². The molecule has 80 valence electrons. The predicted molar refractivity (Wildman–Crippen MR) is 62.3 cm³/mol. The molecule has 4 nitrogen and oxygen atoms in total. The minimum atomic E-state index is -0.0308. The van der Waals surface area contributed by atoms with Crippen LogP contribution in [0.3, 0.4) is 0 Å². The van der Waals surface area contributed by atoms with Crippen molar-refractivity contribution in [2.75, 3.05) is 0 Å². The van der Waals surface area contributed by atoms with Crippen LogP contribution < -0.4 is 5.73 Å². The molecule has 0 saturated carbocycles. The van der Waals surface area contributed by atoms with Crippen LogP contribution in [0.4, 0.5) is 0 Å². The number of rotatable bonds is 3. The van der Waals surface area contributed by atoms with E-state index < -0.39 is 0 Å². The first-order valence-electron chi connectivity index (χ1n) is 4.96. The van der Waals surface area contributed by atoms with Crippen LogP contribution in [0.25, 0.3) is 0 Å². The fourth-order valence-corrected chi connectivity index (χ4v) is 1.41. The highest BCUT2D eigenvalue weighted by Gasteiger charge is 2.02. The van der Waals surface area contributed by atoms with Crippen LogP contribution in [-0.2, 0) is 6.42 Å². The van der Waals surface area contributed by atoms with Gasteiger partial charge in [-0.1, -0.05) is 30.3 Å². The largest absolute Gasteiger partial charge is 0.382 e. The van der Waals surface area contributed by atoms with Crippen molar-refractivity contribution >= 4 is 5.84 Å². The summed E-state index contributed by atoms with van der Waals surface area (Å²) in [6, 6.07) is 11.6. The first-order chi connectivity index (χ1) is 7.75. The molecule has 4 heteroatoms. The van der Waals surface area contributed by atoms with Crippen LogP contribution in [0.5, 0.6) is 0 Å². The summed E-state index contributed by atoms with van der Waals surface area (Å²) in [6.45, 7) is 0. The van der Waals surface area contributed by atoms with E-state index in [1.807, 2.05) is 30.3 Å². The molecule has 0 aliphatic rings. The van der Waals surface area contributed by atoms with Gasteiger partial charge in [0.1, 0.15) is 17.4 Å². The maximum atomic E-state index is 7.30. The third kappa shape index (κ3) is 2.42. The number of nitrogen functional groups attached to an aromatic ring is 1. The second-order valence-electron chi connectivity index (χ2n) is 3.43. The van der Waals surface area contributed by atoms with Gasteiger partial charge in [0.15, 0.2) is 0 Å². The number of aromatic nitrogens is 2. The number of nitrogens with two attached hydrogens (primary N) is 1. The van der Waals surface area contributed by atoms with Crippen molar-refractivity contribution in [2.24, 2.45) is 5.73 Å². The molecule has 2 rings (SSSR count). The zero-order chi connectivity index (χ0) is 11.4. The van der Waals surface area contributed by atoms with Gasteiger partial charge in [-0.25, -0.2) is 9.97 Å². The highest BCUT2D eigenvalue weighted by molar-refractivity contribution is 5.92. The minimum Gasteiger partial charge on any atom is -0.382 e. The molecule has 1 heterocycles. The molecule has 1 aromatic heterocycles. The van der Waals surface area contributed by atoms with Crippen molar-refractivity contribution in [3.8, 4) is 0 Å². The second-order valence-corrected chi connectivity index (χ2v) is 3.43. The smallest absolute Gasteiger partial charge is 0.141 e. The lowest BCUT2D eigenvalue weighted by molar-refractivity contribution is 0.958. The zero-order valence-electron chi connectivity index (χ0n) is 8.72. The predicted octanol–water partition coefficient (Wildman–Crippen LogP) is 1.35. The summed E-state index contributed by atoms with van der Waals surface area (Å²) < 4.78 is 0. The molecule has 1 aromatic carbocycles. The monoisotopic (exact) mass is 212 g/mol. The highest BCUT2D eigenvalue weighted by atomic mass is 14.9. The van der Waals surface area contributed by atoms with E-state index in [1.165, 1.54) is 0 Å². The van der Waals surface area contributed by atoms with Crippen LogP contribution >= 0.6 is 0 Å². The molecule has 0 aliphatic carbocycles. The fraction of sp³-hybridized carbons (Fsp3) is 0.0833. The van der Waals surface area contributed by atoms with Gasteiger partial charge < -0.3 is 5.73 Å². The topological polar surface area (TPSA) is 75.7 Å². The van der Waals surface area contributed by atoms with Gasteiger partial charge in [-0.15, -0.1) is 0 Å². The van der Waals surface area contributed by atoms with E-state index in [9.17, 15) is 0 Å². The number of nitrogens with zero attached hydrogens (tertiary/aromatic N) is 2. The molecule has 0 fully saturated rings. The van der Waals surface area contributed by atoms with Gasteiger partial charge in [-0.3, -0.25) is 5.41 Å². The lowest BCUT2D eigenvalue weighted by Gasteiger charge is -2.02. The lowest BCUT2D eigenvalue weighted by Crippen LogP contribution is -2.14. The van der Waals surface area contributed by atoms with Crippen LogP contribution in [0.1, 0.15) is 17.1 Å². The molecule has 0 amide bonds. The summed E-state index contributed by atoms with van der Waals surface area (Å²) in [7, 11) is 0. The van der Waals surface area contributed by atoms with Crippen molar-refractivity contribution in [3.63, 3.8) is 0 Å². The third-order valence-corrected chi connectivity index (χ3v) is 2.19. The van der Waals surface area contributed by atoms with Gasteiger partial charge in [-0.2, -0.15) is 0 Å². The van der Waals surface area contributed by atoms with E-state index in [0.29, 0.717) is 17.9 Å². The molecule has 0 bridgehead atoms. The molecule has 2 aromatic rings. The van der Waals surface area contributed by atoms with Gasteiger partial charge in [0.25, 0.3) is 0 Å². The minimum absolute atomic E-state index is 0.0308. The van der Waals surface area contributed by atoms with Crippen molar-refractivity contribution in [1.82, 2.24) is 9.97 Å². The quantitative estimate of drug-likeness (QED) is 0.595.